The lowest BCUT2D eigenvalue weighted by atomic mass is 9.93. The summed E-state index contributed by atoms with van der Waals surface area (Å²) >= 11 is 0. The van der Waals surface area contributed by atoms with Crippen molar-refractivity contribution >= 4 is 86.9 Å². The van der Waals surface area contributed by atoms with E-state index in [0.29, 0.717) is 28.9 Å². The van der Waals surface area contributed by atoms with Gasteiger partial charge in [0.2, 0.25) is 5.89 Å². The SMILES string of the molecule is c1ccc(-c2nc3c(ccc4oc5ccc6ccc(-c7nc(-c8ccc9c%10ccccc%10c%10ccccc%10c9c8)nc(-c8cccc9ccccc89)n7)cc6c5c43)o2)cc1. The maximum atomic E-state index is 6.49. The monoisotopic (exact) mass is 766 g/mol. The number of fused-ring (bicyclic) bond motifs is 14. The Hall–Kier alpha value is -8.22. The number of hydrogen-bond acceptors (Lipinski definition) is 6. The fraction of sp³-hybridized carbons (Fsp3) is 0. The van der Waals surface area contributed by atoms with E-state index < -0.39 is 0 Å². The van der Waals surface area contributed by atoms with E-state index in [1.54, 1.807) is 0 Å². The molecule has 6 heteroatoms. The average molecular weight is 767 g/mol. The molecule has 278 valence electrons. The second-order valence-corrected chi connectivity index (χ2v) is 15.3. The molecular formula is C54H30N4O2. The molecule has 6 nitrogen and oxygen atoms in total. The molecule has 0 aliphatic heterocycles. The summed E-state index contributed by atoms with van der Waals surface area (Å²) in [7, 11) is 0. The zero-order valence-electron chi connectivity index (χ0n) is 31.9. The molecule has 0 unspecified atom stereocenters. The molecule has 3 heterocycles. The zero-order chi connectivity index (χ0) is 39.3. The first-order chi connectivity index (χ1) is 29.7. The van der Waals surface area contributed by atoms with Crippen molar-refractivity contribution in [3.8, 4) is 45.6 Å². The van der Waals surface area contributed by atoms with Crippen LogP contribution in [0.15, 0.2) is 191 Å². The third-order valence-electron chi connectivity index (χ3n) is 11.9. The van der Waals surface area contributed by atoms with Crippen molar-refractivity contribution in [1.82, 2.24) is 19.9 Å². The number of rotatable bonds is 4. The molecule has 0 N–H and O–H groups in total. The first-order valence-electron chi connectivity index (χ1n) is 20.0. The molecule has 0 amide bonds. The standard InChI is InChI=1S/C54H30N4O2/c1-2-12-33(13-3-1)54-55-50-47(60-54)28-27-46-49(50)48-43-29-34(22-21-32(43)24-26-45(48)59-46)51-56-52(58-53(57-51)42-20-10-14-31-11-4-5-15-36(31)42)35-23-25-41-39-18-7-6-16-37(39)38-17-8-9-19-40(38)44(41)30-35/h1-30H. The van der Waals surface area contributed by atoms with Gasteiger partial charge in [0.1, 0.15) is 16.7 Å². The van der Waals surface area contributed by atoms with Gasteiger partial charge in [-0.05, 0) is 96.3 Å². The van der Waals surface area contributed by atoms with E-state index in [-0.39, 0.29) is 0 Å². The summed E-state index contributed by atoms with van der Waals surface area (Å²) in [6.07, 6.45) is 0. The van der Waals surface area contributed by atoms with Gasteiger partial charge in [-0.1, -0.05) is 140 Å². The van der Waals surface area contributed by atoms with Gasteiger partial charge < -0.3 is 8.83 Å². The van der Waals surface area contributed by atoms with Crippen LogP contribution in [0.2, 0.25) is 0 Å². The van der Waals surface area contributed by atoms with Crippen LogP contribution in [0.5, 0.6) is 0 Å². The van der Waals surface area contributed by atoms with Crippen molar-refractivity contribution in [3.05, 3.63) is 182 Å². The van der Waals surface area contributed by atoms with E-state index in [0.717, 1.165) is 76.6 Å². The van der Waals surface area contributed by atoms with Gasteiger partial charge in [0.15, 0.2) is 23.1 Å². The Labute approximate surface area is 342 Å². The molecule has 13 rings (SSSR count). The van der Waals surface area contributed by atoms with Gasteiger partial charge in [-0.15, -0.1) is 0 Å². The van der Waals surface area contributed by atoms with Crippen LogP contribution in [0.4, 0.5) is 0 Å². The highest BCUT2D eigenvalue weighted by Gasteiger charge is 2.20. The Kier molecular flexibility index (Phi) is 6.91. The molecule has 3 aromatic heterocycles. The maximum Gasteiger partial charge on any atom is 0.227 e. The Morgan fingerprint density at radius 1 is 0.300 bits per heavy atom. The lowest BCUT2D eigenvalue weighted by Gasteiger charge is -2.13. The van der Waals surface area contributed by atoms with E-state index in [9.17, 15) is 0 Å². The Bertz CT molecular complexity index is 3860. The van der Waals surface area contributed by atoms with Gasteiger partial charge >= 0.3 is 0 Å². The number of aromatic nitrogens is 4. The minimum Gasteiger partial charge on any atom is -0.456 e. The van der Waals surface area contributed by atoms with Crippen LogP contribution in [0, 0.1) is 0 Å². The van der Waals surface area contributed by atoms with Gasteiger partial charge in [0, 0.05) is 27.6 Å². The minimum absolute atomic E-state index is 0.571. The van der Waals surface area contributed by atoms with Crippen LogP contribution in [0.3, 0.4) is 0 Å². The molecule has 0 fully saturated rings. The Balaban J connectivity index is 1.06. The number of oxazole rings is 1. The smallest absolute Gasteiger partial charge is 0.227 e. The van der Waals surface area contributed by atoms with Crippen molar-refractivity contribution in [3.63, 3.8) is 0 Å². The second kappa shape index (κ2) is 12.6. The quantitative estimate of drug-likeness (QED) is 0.166. The van der Waals surface area contributed by atoms with Gasteiger partial charge in [0.25, 0.3) is 0 Å². The molecule has 0 aliphatic rings. The van der Waals surface area contributed by atoms with Crippen LogP contribution in [0.1, 0.15) is 0 Å². The van der Waals surface area contributed by atoms with Gasteiger partial charge in [-0.3, -0.25) is 0 Å². The lowest BCUT2D eigenvalue weighted by molar-refractivity contribution is 0.619. The largest absolute Gasteiger partial charge is 0.456 e. The predicted molar refractivity (Wildman–Crippen MR) is 244 cm³/mol. The van der Waals surface area contributed by atoms with Crippen molar-refractivity contribution in [2.24, 2.45) is 0 Å². The molecule has 60 heavy (non-hydrogen) atoms. The summed E-state index contributed by atoms with van der Waals surface area (Å²) in [4.78, 5) is 20.8. The van der Waals surface area contributed by atoms with Gasteiger partial charge in [-0.2, -0.15) is 0 Å². The summed E-state index contributed by atoms with van der Waals surface area (Å²) < 4.78 is 12.8. The van der Waals surface area contributed by atoms with Crippen LogP contribution >= 0.6 is 0 Å². The van der Waals surface area contributed by atoms with Crippen LogP contribution in [-0.4, -0.2) is 19.9 Å². The summed E-state index contributed by atoms with van der Waals surface area (Å²) in [5.74, 6) is 2.37. The van der Waals surface area contributed by atoms with E-state index in [2.05, 4.69) is 133 Å². The first-order valence-corrected chi connectivity index (χ1v) is 20.0. The second-order valence-electron chi connectivity index (χ2n) is 15.3. The van der Waals surface area contributed by atoms with Crippen LogP contribution in [0.25, 0.3) is 133 Å². The highest BCUT2D eigenvalue weighted by atomic mass is 16.4. The molecule has 0 aliphatic carbocycles. The van der Waals surface area contributed by atoms with Gasteiger partial charge in [-0.25, -0.2) is 19.9 Å². The fourth-order valence-electron chi connectivity index (χ4n) is 9.13. The predicted octanol–water partition coefficient (Wildman–Crippen LogP) is 14.3. The van der Waals surface area contributed by atoms with Crippen molar-refractivity contribution < 1.29 is 8.83 Å². The Morgan fingerprint density at radius 3 is 1.60 bits per heavy atom. The van der Waals surface area contributed by atoms with Crippen molar-refractivity contribution in [2.75, 3.05) is 0 Å². The summed E-state index contributed by atoms with van der Waals surface area (Å²) in [6, 6.07) is 63.0. The highest BCUT2D eigenvalue weighted by Crippen LogP contribution is 2.42. The normalized spacial score (nSPS) is 12.0. The van der Waals surface area contributed by atoms with Crippen molar-refractivity contribution in [2.45, 2.75) is 0 Å². The molecule has 13 aromatic rings. The number of nitrogens with zero attached hydrogens (tertiary/aromatic N) is 4. The summed E-state index contributed by atoms with van der Waals surface area (Å²) in [5.41, 5.74) is 6.64. The zero-order valence-corrected chi connectivity index (χ0v) is 31.9. The third-order valence-corrected chi connectivity index (χ3v) is 11.9. The van der Waals surface area contributed by atoms with Crippen molar-refractivity contribution in [1.29, 1.82) is 0 Å². The molecule has 0 saturated carbocycles. The molecule has 0 radical (unpaired) electrons. The summed E-state index contributed by atoms with van der Waals surface area (Å²) in [5, 5.41) is 13.4. The topological polar surface area (TPSA) is 77.8 Å². The number of benzene rings is 10. The average Bonchev–Trinajstić information content (AvgIpc) is 3.94. The number of hydrogen-bond donors (Lipinski definition) is 0. The molecular weight excluding hydrogens is 737 g/mol. The molecule has 0 saturated heterocycles. The molecule has 0 spiro atoms. The Morgan fingerprint density at radius 2 is 0.833 bits per heavy atom. The van der Waals surface area contributed by atoms with Crippen LogP contribution < -0.4 is 0 Å². The van der Waals surface area contributed by atoms with E-state index in [1.165, 1.54) is 26.9 Å². The molecule has 0 atom stereocenters. The highest BCUT2D eigenvalue weighted by molar-refractivity contribution is 6.27. The maximum absolute atomic E-state index is 6.49. The van der Waals surface area contributed by atoms with Crippen LogP contribution in [-0.2, 0) is 0 Å². The summed E-state index contributed by atoms with van der Waals surface area (Å²) in [6.45, 7) is 0. The first kappa shape index (κ1) is 32.8. The lowest BCUT2D eigenvalue weighted by Crippen LogP contribution is -2.00. The molecule has 10 aromatic carbocycles. The number of furan rings is 1. The fourth-order valence-corrected chi connectivity index (χ4v) is 9.13. The minimum atomic E-state index is 0.571. The van der Waals surface area contributed by atoms with E-state index in [1.807, 2.05) is 48.5 Å². The van der Waals surface area contributed by atoms with E-state index >= 15 is 0 Å². The molecule has 0 bridgehead atoms. The van der Waals surface area contributed by atoms with Gasteiger partial charge in [0.05, 0.1) is 5.39 Å². The van der Waals surface area contributed by atoms with E-state index in [4.69, 9.17) is 28.8 Å². The third kappa shape index (κ3) is 4.94.